The van der Waals surface area contributed by atoms with E-state index in [4.69, 9.17) is 10.5 Å². The summed E-state index contributed by atoms with van der Waals surface area (Å²) in [6.45, 7) is 1.57. The van der Waals surface area contributed by atoms with Gasteiger partial charge in [0.15, 0.2) is 0 Å². The highest BCUT2D eigenvalue weighted by Crippen LogP contribution is 2.23. The highest BCUT2D eigenvalue weighted by Gasteiger charge is 2.09. The molecule has 0 aliphatic heterocycles. The molecule has 7 heteroatoms. The molecule has 1 aromatic carbocycles. The zero-order chi connectivity index (χ0) is 13.9. The number of hydrogen-bond donors (Lipinski definition) is 1. The van der Waals surface area contributed by atoms with Crippen LogP contribution in [0.25, 0.3) is 11.0 Å². The molecule has 0 atom stereocenters. The molecule has 0 fully saturated rings. The van der Waals surface area contributed by atoms with Crippen LogP contribution < -0.4 is 10.5 Å². The van der Waals surface area contributed by atoms with Crippen molar-refractivity contribution >= 4 is 17.0 Å². The van der Waals surface area contributed by atoms with Gasteiger partial charge in [-0.2, -0.15) is 0 Å². The summed E-state index contributed by atoms with van der Waals surface area (Å²) >= 11 is 0. The van der Waals surface area contributed by atoms with E-state index in [1.165, 1.54) is 0 Å². The van der Waals surface area contributed by atoms with E-state index in [-0.39, 0.29) is 0 Å². The molecule has 3 aromatic rings. The Labute approximate surface area is 116 Å². The van der Waals surface area contributed by atoms with Crippen LogP contribution >= 0.6 is 0 Å². The van der Waals surface area contributed by atoms with E-state index >= 15 is 0 Å². The lowest BCUT2D eigenvalue weighted by molar-refractivity contribution is 0.415. The first-order valence-electron chi connectivity index (χ1n) is 6.42. The van der Waals surface area contributed by atoms with Crippen molar-refractivity contribution in [3.8, 4) is 5.75 Å². The number of fused-ring (bicyclic) bond motifs is 1. The van der Waals surface area contributed by atoms with E-state index in [0.29, 0.717) is 5.95 Å². The summed E-state index contributed by atoms with van der Waals surface area (Å²) in [5.41, 5.74) is 7.85. The van der Waals surface area contributed by atoms with Crippen LogP contribution in [0.2, 0.25) is 0 Å². The number of hydrogen-bond acceptors (Lipinski definition) is 5. The van der Waals surface area contributed by atoms with Gasteiger partial charge < -0.3 is 15.0 Å². The summed E-state index contributed by atoms with van der Waals surface area (Å²) in [6, 6.07) is 5.75. The minimum atomic E-state index is 0.520. The monoisotopic (exact) mass is 272 g/mol. The summed E-state index contributed by atoms with van der Waals surface area (Å²) in [5, 5.41) is 7.72. The molecule has 0 saturated carbocycles. The van der Waals surface area contributed by atoms with Gasteiger partial charge >= 0.3 is 0 Å². The third-order valence-corrected chi connectivity index (χ3v) is 3.23. The highest BCUT2D eigenvalue weighted by atomic mass is 16.5. The minimum Gasteiger partial charge on any atom is -0.497 e. The van der Waals surface area contributed by atoms with Crippen LogP contribution in [-0.4, -0.2) is 31.7 Å². The van der Waals surface area contributed by atoms with Crippen molar-refractivity contribution in [2.75, 3.05) is 12.8 Å². The van der Waals surface area contributed by atoms with Gasteiger partial charge in [0.25, 0.3) is 0 Å². The summed E-state index contributed by atoms with van der Waals surface area (Å²) < 4.78 is 9.04. The lowest BCUT2D eigenvalue weighted by Crippen LogP contribution is -2.07. The molecule has 20 heavy (non-hydrogen) atoms. The van der Waals surface area contributed by atoms with Crippen molar-refractivity contribution in [2.24, 2.45) is 0 Å². The molecule has 0 amide bonds. The molecule has 2 heterocycles. The van der Waals surface area contributed by atoms with E-state index in [0.717, 1.165) is 36.3 Å². The third-order valence-electron chi connectivity index (χ3n) is 3.23. The second-order valence-electron chi connectivity index (χ2n) is 4.50. The minimum absolute atomic E-state index is 0.520. The average Bonchev–Trinajstić information content (AvgIpc) is 3.07. The number of nitrogens with zero attached hydrogens (tertiary/aromatic N) is 5. The van der Waals surface area contributed by atoms with Crippen molar-refractivity contribution in [3.05, 3.63) is 30.6 Å². The quantitative estimate of drug-likeness (QED) is 0.757. The molecule has 0 unspecified atom stereocenters. The molecule has 0 saturated heterocycles. The van der Waals surface area contributed by atoms with Gasteiger partial charge in [0.1, 0.15) is 5.75 Å². The van der Waals surface area contributed by atoms with Gasteiger partial charge in [0.05, 0.1) is 24.3 Å². The molecular weight excluding hydrogens is 256 g/mol. The van der Waals surface area contributed by atoms with Gasteiger partial charge in [-0.3, -0.25) is 4.68 Å². The Morgan fingerprint density at radius 3 is 2.95 bits per heavy atom. The number of aryl methyl sites for hydroxylation is 2. The largest absolute Gasteiger partial charge is 0.497 e. The van der Waals surface area contributed by atoms with E-state index < -0.39 is 0 Å². The van der Waals surface area contributed by atoms with Crippen LogP contribution in [0.5, 0.6) is 5.75 Å². The van der Waals surface area contributed by atoms with Gasteiger partial charge in [-0.1, -0.05) is 5.21 Å². The third kappa shape index (κ3) is 2.29. The molecular formula is C13H16N6O. The van der Waals surface area contributed by atoms with Crippen molar-refractivity contribution < 1.29 is 4.74 Å². The number of nitrogens with two attached hydrogens (primary N) is 1. The fourth-order valence-electron chi connectivity index (χ4n) is 2.23. The first kappa shape index (κ1) is 12.5. The van der Waals surface area contributed by atoms with Gasteiger partial charge in [-0.25, -0.2) is 4.98 Å². The van der Waals surface area contributed by atoms with E-state index in [1.54, 1.807) is 18.0 Å². The SMILES string of the molecule is COc1ccc2nc(N)n(CCCn3ccnn3)c2c1. The molecule has 0 radical (unpaired) electrons. The van der Waals surface area contributed by atoms with Crippen molar-refractivity contribution in [2.45, 2.75) is 19.5 Å². The molecule has 0 bridgehead atoms. The maximum absolute atomic E-state index is 5.98. The Morgan fingerprint density at radius 1 is 1.30 bits per heavy atom. The fourth-order valence-corrected chi connectivity index (χ4v) is 2.23. The summed E-state index contributed by atoms with van der Waals surface area (Å²) in [4.78, 5) is 4.35. The molecule has 2 aromatic heterocycles. The number of imidazole rings is 1. The smallest absolute Gasteiger partial charge is 0.201 e. The first-order chi connectivity index (χ1) is 9.78. The van der Waals surface area contributed by atoms with Gasteiger partial charge in [-0.15, -0.1) is 5.10 Å². The van der Waals surface area contributed by atoms with E-state index in [2.05, 4.69) is 15.3 Å². The molecule has 0 spiro atoms. The standard InChI is InChI=1S/C13H16N6O/c1-20-10-3-4-11-12(9-10)19(13(14)16-11)7-2-6-18-8-5-15-17-18/h3-5,8-9H,2,6-7H2,1H3,(H2,14,16). The lowest BCUT2D eigenvalue weighted by Gasteiger charge is -2.07. The van der Waals surface area contributed by atoms with Crippen molar-refractivity contribution in [3.63, 3.8) is 0 Å². The van der Waals surface area contributed by atoms with Crippen LogP contribution in [0.4, 0.5) is 5.95 Å². The van der Waals surface area contributed by atoms with Crippen LogP contribution in [0, 0.1) is 0 Å². The fraction of sp³-hybridized carbons (Fsp3) is 0.308. The Bertz CT molecular complexity index is 703. The zero-order valence-corrected chi connectivity index (χ0v) is 11.2. The van der Waals surface area contributed by atoms with Crippen LogP contribution in [0.3, 0.4) is 0 Å². The lowest BCUT2D eigenvalue weighted by atomic mass is 10.3. The number of benzene rings is 1. The number of nitrogen functional groups attached to an aromatic ring is 1. The maximum Gasteiger partial charge on any atom is 0.201 e. The molecule has 3 rings (SSSR count). The molecule has 104 valence electrons. The van der Waals surface area contributed by atoms with Crippen LogP contribution in [0.1, 0.15) is 6.42 Å². The Morgan fingerprint density at radius 2 is 2.20 bits per heavy atom. The number of methoxy groups -OCH3 is 1. The molecule has 0 aliphatic carbocycles. The predicted octanol–water partition coefficient (Wildman–Crippen LogP) is 1.31. The summed E-state index contributed by atoms with van der Waals surface area (Å²) in [7, 11) is 1.65. The second kappa shape index (κ2) is 5.20. The van der Waals surface area contributed by atoms with Crippen LogP contribution in [0.15, 0.2) is 30.6 Å². The topological polar surface area (TPSA) is 83.8 Å². The summed E-state index contributed by atoms with van der Waals surface area (Å²) in [5.74, 6) is 1.32. The normalized spacial score (nSPS) is 11.1. The maximum atomic E-state index is 5.98. The van der Waals surface area contributed by atoms with Gasteiger partial charge in [-0.05, 0) is 18.6 Å². The number of ether oxygens (including phenoxy) is 1. The zero-order valence-electron chi connectivity index (χ0n) is 11.2. The van der Waals surface area contributed by atoms with Crippen LogP contribution in [-0.2, 0) is 13.1 Å². The van der Waals surface area contributed by atoms with Gasteiger partial charge in [0, 0.05) is 25.4 Å². The van der Waals surface area contributed by atoms with Gasteiger partial charge in [0.2, 0.25) is 5.95 Å². The number of aromatic nitrogens is 5. The average molecular weight is 272 g/mol. The Balaban J connectivity index is 1.80. The van der Waals surface area contributed by atoms with Crippen molar-refractivity contribution in [1.82, 2.24) is 24.5 Å². The number of anilines is 1. The Kier molecular flexibility index (Phi) is 3.24. The summed E-state index contributed by atoms with van der Waals surface area (Å²) in [6.07, 6.45) is 4.42. The molecule has 0 aliphatic rings. The molecule has 2 N–H and O–H groups in total. The highest BCUT2D eigenvalue weighted by molar-refractivity contribution is 5.79. The van der Waals surface area contributed by atoms with E-state index in [1.807, 2.05) is 29.0 Å². The molecule has 7 nitrogen and oxygen atoms in total. The first-order valence-corrected chi connectivity index (χ1v) is 6.42. The van der Waals surface area contributed by atoms with Crippen molar-refractivity contribution in [1.29, 1.82) is 0 Å². The Hall–Kier alpha value is -2.57. The number of rotatable bonds is 5. The second-order valence-corrected chi connectivity index (χ2v) is 4.50. The van der Waals surface area contributed by atoms with E-state index in [9.17, 15) is 0 Å². The predicted molar refractivity (Wildman–Crippen MR) is 75.3 cm³/mol.